The van der Waals surface area contributed by atoms with Crippen molar-refractivity contribution in [3.8, 4) is 16.9 Å². The van der Waals surface area contributed by atoms with Crippen LogP contribution in [0, 0.1) is 5.82 Å². The van der Waals surface area contributed by atoms with Gasteiger partial charge in [-0.05, 0) is 45.6 Å². The van der Waals surface area contributed by atoms with E-state index in [9.17, 15) is 9.50 Å². The van der Waals surface area contributed by atoms with Crippen molar-refractivity contribution in [2.24, 2.45) is 0 Å². The molecule has 4 heteroatoms. The van der Waals surface area contributed by atoms with E-state index < -0.39 is 5.82 Å². The highest BCUT2D eigenvalue weighted by Crippen LogP contribution is 2.40. The Kier molecular flexibility index (Phi) is 3.40. The van der Waals surface area contributed by atoms with Crippen LogP contribution >= 0.6 is 27.5 Å². The Balaban J connectivity index is 2.44. The summed E-state index contributed by atoms with van der Waals surface area (Å²) in [5.74, 6) is -0.382. The Bertz CT molecular complexity index is 817. The molecular weight excluding hydrogens is 343 g/mol. The molecule has 0 bridgehead atoms. The molecule has 0 radical (unpaired) electrons. The maximum Gasteiger partial charge on any atom is 0.145 e. The Morgan fingerprint density at radius 3 is 2.50 bits per heavy atom. The number of benzene rings is 3. The highest BCUT2D eigenvalue weighted by Gasteiger charge is 2.15. The molecule has 0 unspecified atom stereocenters. The normalized spacial score (nSPS) is 10.9. The lowest BCUT2D eigenvalue weighted by Gasteiger charge is -2.12. The maximum absolute atomic E-state index is 14.3. The maximum atomic E-state index is 14.3. The van der Waals surface area contributed by atoms with Crippen LogP contribution in [0.15, 0.2) is 53.0 Å². The van der Waals surface area contributed by atoms with Crippen LogP contribution in [-0.4, -0.2) is 5.11 Å². The van der Waals surface area contributed by atoms with Gasteiger partial charge < -0.3 is 5.11 Å². The summed E-state index contributed by atoms with van der Waals surface area (Å²) < 4.78 is 14.7. The van der Waals surface area contributed by atoms with Gasteiger partial charge >= 0.3 is 0 Å². The van der Waals surface area contributed by atoms with Gasteiger partial charge in [0, 0.05) is 21.5 Å². The first-order valence-corrected chi connectivity index (χ1v) is 7.11. The Morgan fingerprint density at radius 2 is 1.70 bits per heavy atom. The molecule has 3 aromatic rings. The molecule has 0 fully saturated rings. The molecule has 0 atom stereocenters. The number of rotatable bonds is 1. The highest BCUT2D eigenvalue weighted by molar-refractivity contribution is 9.10. The second-order valence-corrected chi connectivity index (χ2v) is 5.66. The standard InChI is InChI=1S/C16H9BrClFO/c17-12-5-1-4-11(16(12)19)15-10-3-2-6-13(18)9(10)7-8-14(15)20/h1-8,20H. The first-order chi connectivity index (χ1) is 9.59. The van der Waals surface area contributed by atoms with E-state index in [-0.39, 0.29) is 5.75 Å². The number of phenols is 1. The summed E-state index contributed by atoms with van der Waals surface area (Å²) in [7, 11) is 0. The molecule has 0 amide bonds. The van der Waals surface area contributed by atoms with Crippen molar-refractivity contribution in [3.05, 3.63) is 63.8 Å². The van der Waals surface area contributed by atoms with Crippen molar-refractivity contribution in [2.75, 3.05) is 0 Å². The molecule has 0 aliphatic heterocycles. The monoisotopic (exact) mass is 350 g/mol. The molecule has 0 aliphatic rings. The van der Waals surface area contributed by atoms with Crippen LogP contribution in [0.3, 0.4) is 0 Å². The van der Waals surface area contributed by atoms with Crippen LogP contribution in [0.4, 0.5) is 4.39 Å². The molecule has 3 aromatic carbocycles. The largest absolute Gasteiger partial charge is 0.507 e. The second kappa shape index (κ2) is 5.08. The van der Waals surface area contributed by atoms with Gasteiger partial charge in [-0.2, -0.15) is 0 Å². The van der Waals surface area contributed by atoms with Crippen molar-refractivity contribution < 1.29 is 9.50 Å². The van der Waals surface area contributed by atoms with E-state index >= 15 is 0 Å². The van der Waals surface area contributed by atoms with Crippen LogP contribution < -0.4 is 0 Å². The average molecular weight is 352 g/mol. The molecule has 1 N–H and O–H groups in total. The summed E-state index contributed by atoms with van der Waals surface area (Å²) in [5.41, 5.74) is 0.786. The number of fused-ring (bicyclic) bond motifs is 1. The Hall–Kier alpha value is -1.58. The van der Waals surface area contributed by atoms with Gasteiger partial charge in [0.1, 0.15) is 11.6 Å². The van der Waals surface area contributed by atoms with Crippen LogP contribution in [0.2, 0.25) is 5.02 Å². The molecule has 20 heavy (non-hydrogen) atoms. The van der Waals surface area contributed by atoms with E-state index in [4.69, 9.17) is 11.6 Å². The van der Waals surface area contributed by atoms with Gasteiger partial charge in [-0.25, -0.2) is 4.39 Å². The number of halogens is 3. The minimum Gasteiger partial charge on any atom is -0.507 e. The molecule has 0 heterocycles. The smallest absolute Gasteiger partial charge is 0.145 e. The van der Waals surface area contributed by atoms with Crippen LogP contribution in [-0.2, 0) is 0 Å². The molecule has 0 aliphatic carbocycles. The molecule has 3 rings (SSSR count). The van der Waals surface area contributed by atoms with Gasteiger partial charge in [0.2, 0.25) is 0 Å². The molecule has 0 aromatic heterocycles. The third-order valence-corrected chi connectivity index (χ3v) is 4.15. The van der Waals surface area contributed by atoms with E-state index in [0.717, 1.165) is 10.8 Å². The number of hydrogen-bond acceptors (Lipinski definition) is 1. The Morgan fingerprint density at radius 1 is 0.950 bits per heavy atom. The molecule has 0 saturated heterocycles. The third kappa shape index (κ3) is 2.07. The van der Waals surface area contributed by atoms with Crippen molar-refractivity contribution >= 4 is 38.3 Å². The van der Waals surface area contributed by atoms with Gasteiger partial charge in [-0.3, -0.25) is 0 Å². The van der Waals surface area contributed by atoms with Gasteiger partial charge in [0.15, 0.2) is 0 Å². The number of hydrogen-bond donors (Lipinski definition) is 1. The van der Waals surface area contributed by atoms with E-state index in [1.807, 2.05) is 6.07 Å². The van der Waals surface area contributed by atoms with Crippen molar-refractivity contribution in [1.29, 1.82) is 0 Å². The molecule has 0 spiro atoms. The van der Waals surface area contributed by atoms with E-state index in [1.54, 1.807) is 36.4 Å². The van der Waals surface area contributed by atoms with E-state index in [2.05, 4.69) is 15.9 Å². The van der Waals surface area contributed by atoms with E-state index in [1.165, 1.54) is 6.07 Å². The van der Waals surface area contributed by atoms with Crippen molar-refractivity contribution in [1.82, 2.24) is 0 Å². The lowest BCUT2D eigenvalue weighted by atomic mass is 9.97. The molecular formula is C16H9BrClFO. The number of aromatic hydroxyl groups is 1. The zero-order valence-electron chi connectivity index (χ0n) is 10.2. The van der Waals surface area contributed by atoms with Crippen molar-refractivity contribution in [2.45, 2.75) is 0 Å². The fraction of sp³-hybridized carbons (Fsp3) is 0. The zero-order chi connectivity index (χ0) is 14.3. The predicted molar refractivity (Wildman–Crippen MR) is 83.7 cm³/mol. The summed E-state index contributed by atoms with van der Waals surface area (Å²) in [6.45, 7) is 0. The van der Waals surface area contributed by atoms with Crippen LogP contribution in [0.5, 0.6) is 5.75 Å². The SMILES string of the molecule is Oc1ccc2c(Cl)cccc2c1-c1cccc(Br)c1F. The highest BCUT2D eigenvalue weighted by atomic mass is 79.9. The minimum atomic E-state index is -0.407. The van der Waals surface area contributed by atoms with Crippen LogP contribution in [0.1, 0.15) is 0 Å². The quantitative estimate of drug-likeness (QED) is 0.590. The predicted octanol–water partition coefficient (Wildman–Crippen LogP) is 5.77. The molecule has 0 saturated carbocycles. The van der Waals surface area contributed by atoms with Crippen molar-refractivity contribution in [3.63, 3.8) is 0 Å². The summed E-state index contributed by atoms with van der Waals surface area (Å²) in [6, 6.07) is 13.6. The lowest BCUT2D eigenvalue weighted by Crippen LogP contribution is -1.89. The summed E-state index contributed by atoms with van der Waals surface area (Å²) >= 11 is 9.32. The van der Waals surface area contributed by atoms with Gasteiger partial charge in [0.25, 0.3) is 0 Å². The summed E-state index contributed by atoms with van der Waals surface area (Å²) in [4.78, 5) is 0. The summed E-state index contributed by atoms with van der Waals surface area (Å²) in [6.07, 6.45) is 0. The minimum absolute atomic E-state index is 0.0248. The third-order valence-electron chi connectivity index (χ3n) is 3.21. The first kappa shape index (κ1) is 13.4. The summed E-state index contributed by atoms with van der Waals surface area (Å²) in [5, 5.41) is 12.2. The first-order valence-electron chi connectivity index (χ1n) is 5.94. The fourth-order valence-electron chi connectivity index (χ4n) is 2.29. The van der Waals surface area contributed by atoms with E-state index in [0.29, 0.717) is 20.6 Å². The Labute approximate surface area is 128 Å². The van der Waals surface area contributed by atoms with Gasteiger partial charge in [-0.1, -0.05) is 35.9 Å². The molecule has 1 nitrogen and oxygen atoms in total. The lowest BCUT2D eigenvalue weighted by molar-refractivity contribution is 0.477. The second-order valence-electron chi connectivity index (χ2n) is 4.40. The molecule has 100 valence electrons. The number of phenolic OH excluding ortho intramolecular Hbond substituents is 1. The average Bonchev–Trinajstić information content (AvgIpc) is 2.43. The van der Waals surface area contributed by atoms with Crippen LogP contribution in [0.25, 0.3) is 21.9 Å². The fourth-order valence-corrected chi connectivity index (χ4v) is 2.89. The zero-order valence-corrected chi connectivity index (χ0v) is 12.5. The van der Waals surface area contributed by atoms with Gasteiger partial charge in [-0.15, -0.1) is 0 Å². The van der Waals surface area contributed by atoms with Gasteiger partial charge in [0.05, 0.1) is 4.47 Å². The topological polar surface area (TPSA) is 20.2 Å².